The molecule has 1 saturated carbocycles. The number of amides is 4. The first-order chi connectivity index (χ1) is 11.9. The molecule has 0 aromatic heterocycles. The summed E-state index contributed by atoms with van der Waals surface area (Å²) < 4.78 is 0. The number of rotatable bonds is 3. The van der Waals surface area contributed by atoms with Gasteiger partial charge in [0.2, 0.25) is 5.91 Å². The maximum absolute atomic E-state index is 12.6. The van der Waals surface area contributed by atoms with E-state index < -0.39 is 5.91 Å². The van der Waals surface area contributed by atoms with E-state index in [-0.39, 0.29) is 29.3 Å². The minimum Gasteiger partial charge on any atom is -0.316 e. The summed E-state index contributed by atoms with van der Waals surface area (Å²) >= 11 is 6.28. The molecule has 0 spiro atoms. The topological polar surface area (TPSA) is 90.0 Å². The van der Waals surface area contributed by atoms with E-state index in [1.807, 2.05) is 0 Å². The molecule has 3 atom stereocenters. The zero-order valence-corrected chi connectivity index (χ0v) is 14.6. The van der Waals surface area contributed by atoms with E-state index in [2.05, 4.69) is 0 Å². The molecule has 1 aliphatic carbocycles. The lowest BCUT2D eigenvalue weighted by atomic mass is 9.81. The van der Waals surface area contributed by atoms with Crippen molar-refractivity contribution in [1.29, 1.82) is 0 Å². The fraction of sp³-hybridized carbons (Fsp3) is 0.471. The molecule has 0 radical (unpaired) electrons. The molecular weight excluding hydrogens is 346 g/mol. The lowest BCUT2D eigenvalue weighted by Gasteiger charge is -2.46. The maximum Gasteiger partial charge on any atom is 0.327 e. The summed E-state index contributed by atoms with van der Waals surface area (Å²) in [6.45, 7) is 0.336. The molecule has 1 aromatic carbocycles. The summed E-state index contributed by atoms with van der Waals surface area (Å²) in [5.74, 6) is -0.940. The smallest absolute Gasteiger partial charge is 0.316 e. The monoisotopic (exact) mass is 365 g/mol. The number of imide groups is 1. The van der Waals surface area contributed by atoms with E-state index in [4.69, 9.17) is 16.8 Å². The molecule has 3 rings (SSSR count). The van der Waals surface area contributed by atoms with Crippen molar-refractivity contribution in [2.75, 3.05) is 7.05 Å². The minimum absolute atomic E-state index is 0.0385. The average molecular weight is 366 g/mol. The number of benzene rings is 1. The molecule has 3 unspecified atom stereocenters. The van der Waals surface area contributed by atoms with Gasteiger partial charge in [0.1, 0.15) is 0 Å². The van der Waals surface area contributed by atoms with Crippen LogP contribution in [0.1, 0.15) is 35.2 Å². The number of carbonyl (C=O) groups excluding carboxylic acids is 3. The molecule has 1 heterocycles. The number of halogens is 1. The van der Waals surface area contributed by atoms with Crippen LogP contribution in [0.2, 0.25) is 0 Å². The van der Waals surface area contributed by atoms with Gasteiger partial charge in [-0.2, -0.15) is 0 Å². The van der Waals surface area contributed by atoms with Crippen molar-refractivity contribution in [3.8, 4) is 0 Å². The lowest BCUT2D eigenvalue weighted by Crippen LogP contribution is -2.61. The summed E-state index contributed by atoms with van der Waals surface area (Å²) in [5, 5.41) is 8.62. The van der Waals surface area contributed by atoms with Gasteiger partial charge in [-0.3, -0.25) is 19.7 Å². The number of urea groups is 1. The van der Waals surface area contributed by atoms with E-state index in [0.717, 1.165) is 12.0 Å². The highest BCUT2D eigenvalue weighted by Gasteiger charge is 2.47. The molecule has 2 aliphatic rings. The van der Waals surface area contributed by atoms with Crippen LogP contribution in [-0.2, 0) is 11.3 Å². The van der Waals surface area contributed by atoms with Crippen molar-refractivity contribution in [2.24, 2.45) is 5.92 Å². The highest BCUT2D eigenvalue weighted by atomic mass is 35.5. The normalized spacial score (nSPS) is 26.4. The highest BCUT2D eigenvalue weighted by molar-refractivity contribution is 6.20. The van der Waals surface area contributed by atoms with Gasteiger partial charge in [0.15, 0.2) is 0 Å². The van der Waals surface area contributed by atoms with Gasteiger partial charge in [-0.25, -0.2) is 10.3 Å². The molecule has 25 heavy (non-hydrogen) atoms. The van der Waals surface area contributed by atoms with Crippen molar-refractivity contribution in [3.05, 3.63) is 35.4 Å². The van der Waals surface area contributed by atoms with E-state index >= 15 is 0 Å². The molecule has 1 saturated heterocycles. The highest BCUT2D eigenvalue weighted by Crippen LogP contribution is 2.36. The van der Waals surface area contributed by atoms with E-state index in [1.54, 1.807) is 34.6 Å². The third-order valence-electron chi connectivity index (χ3n) is 5.00. The third kappa shape index (κ3) is 3.34. The Morgan fingerprint density at radius 3 is 2.60 bits per heavy atom. The first kappa shape index (κ1) is 17.7. The van der Waals surface area contributed by atoms with Gasteiger partial charge in [-0.15, -0.1) is 11.6 Å². The molecule has 2 fully saturated rings. The first-order valence-corrected chi connectivity index (χ1v) is 8.61. The van der Waals surface area contributed by atoms with Gasteiger partial charge in [0.25, 0.3) is 5.91 Å². The SMILES string of the molecule is CN1C(=O)C2CCC(Cl)CC2N(Cc2ccc(C(=O)NO)cc2)C1=O. The standard InChI is InChI=1S/C17H20ClN3O4/c1-20-16(23)13-7-6-12(18)8-14(13)21(17(20)24)9-10-2-4-11(5-3-10)15(22)19-25/h2-5,12-14,25H,6-9H2,1H3,(H,19,22). The van der Waals surface area contributed by atoms with Crippen molar-refractivity contribution in [1.82, 2.24) is 15.3 Å². The van der Waals surface area contributed by atoms with E-state index in [0.29, 0.717) is 24.9 Å². The summed E-state index contributed by atoms with van der Waals surface area (Å²) in [6, 6.07) is 6.08. The first-order valence-electron chi connectivity index (χ1n) is 8.18. The van der Waals surface area contributed by atoms with Crippen molar-refractivity contribution in [3.63, 3.8) is 0 Å². The Morgan fingerprint density at radius 2 is 1.96 bits per heavy atom. The van der Waals surface area contributed by atoms with Crippen LogP contribution in [0, 0.1) is 5.92 Å². The second kappa shape index (κ2) is 7.01. The molecule has 2 N–H and O–H groups in total. The van der Waals surface area contributed by atoms with Gasteiger partial charge in [0.05, 0.1) is 5.92 Å². The molecular formula is C17H20ClN3O4. The third-order valence-corrected chi connectivity index (χ3v) is 5.40. The molecule has 0 bridgehead atoms. The Morgan fingerprint density at radius 1 is 1.28 bits per heavy atom. The van der Waals surface area contributed by atoms with E-state index in [1.165, 1.54) is 11.9 Å². The van der Waals surface area contributed by atoms with Gasteiger partial charge in [0, 0.05) is 30.6 Å². The Hall–Kier alpha value is -2.12. The Balaban J connectivity index is 1.82. The zero-order chi connectivity index (χ0) is 18.1. The van der Waals surface area contributed by atoms with Crippen LogP contribution < -0.4 is 5.48 Å². The lowest BCUT2D eigenvalue weighted by molar-refractivity contribution is -0.139. The summed E-state index contributed by atoms with van der Waals surface area (Å²) in [7, 11) is 1.51. The number of hydrogen-bond acceptors (Lipinski definition) is 4. The number of hydrogen-bond donors (Lipinski definition) is 2. The number of nitrogens with one attached hydrogen (secondary N) is 1. The van der Waals surface area contributed by atoms with Crippen molar-refractivity contribution in [2.45, 2.75) is 37.2 Å². The second-order valence-electron chi connectivity index (χ2n) is 6.53. The number of nitrogens with zero attached hydrogens (tertiary/aromatic N) is 2. The van der Waals surface area contributed by atoms with Crippen LogP contribution >= 0.6 is 11.6 Å². The molecule has 1 aliphatic heterocycles. The molecule has 7 nitrogen and oxygen atoms in total. The number of alkyl halides is 1. The zero-order valence-electron chi connectivity index (χ0n) is 13.8. The fourth-order valence-corrected chi connectivity index (χ4v) is 3.92. The summed E-state index contributed by atoms with van der Waals surface area (Å²) in [6.07, 6.45) is 2.05. The number of carbonyl (C=O) groups is 3. The van der Waals surface area contributed by atoms with Crippen molar-refractivity contribution < 1.29 is 19.6 Å². The summed E-state index contributed by atoms with van der Waals surface area (Å²) in [5.41, 5.74) is 2.73. The molecule has 8 heteroatoms. The van der Waals surface area contributed by atoms with Crippen LogP contribution in [0.25, 0.3) is 0 Å². The predicted octanol–water partition coefficient (Wildman–Crippen LogP) is 1.98. The van der Waals surface area contributed by atoms with Gasteiger partial charge in [-0.05, 0) is 37.0 Å². The number of fused-ring (bicyclic) bond motifs is 1. The predicted molar refractivity (Wildman–Crippen MR) is 90.2 cm³/mol. The molecule has 4 amide bonds. The van der Waals surface area contributed by atoms with Crippen LogP contribution in [-0.4, -0.2) is 51.3 Å². The van der Waals surface area contributed by atoms with Gasteiger partial charge >= 0.3 is 6.03 Å². The minimum atomic E-state index is -0.594. The van der Waals surface area contributed by atoms with Crippen LogP contribution in [0.3, 0.4) is 0 Å². The Bertz CT molecular complexity index is 694. The van der Waals surface area contributed by atoms with Crippen LogP contribution in [0.15, 0.2) is 24.3 Å². The van der Waals surface area contributed by atoms with E-state index in [9.17, 15) is 14.4 Å². The maximum atomic E-state index is 12.6. The average Bonchev–Trinajstić information content (AvgIpc) is 2.63. The second-order valence-corrected chi connectivity index (χ2v) is 7.15. The largest absolute Gasteiger partial charge is 0.327 e. The molecule has 134 valence electrons. The Labute approximate surface area is 150 Å². The number of hydroxylamine groups is 1. The fourth-order valence-electron chi connectivity index (χ4n) is 3.61. The van der Waals surface area contributed by atoms with Crippen molar-refractivity contribution >= 4 is 29.4 Å². The molecule has 1 aromatic rings. The van der Waals surface area contributed by atoms with Gasteiger partial charge < -0.3 is 4.90 Å². The quantitative estimate of drug-likeness (QED) is 0.487. The van der Waals surface area contributed by atoms with Crippen LogP contribution in [0.4, 0.5) is 4.79 Å². The van der Waals surface area contributed by atoms with Gasteiger partial charge in [-0.1, -0.05) is 12.1 Å². The van der Waals surface area contributed by atoms with Crippen LogP contribution in [0.5, 0.6) is 0 Å². The summed E-state index contributed by atoms with van der Waals surface area (Å²) in [4.78, 5) is 39.3. The Kier molecular flexibility index (Phi) is 4.96.